The molecule has 0 amide bonds. The van der Waals surface area contributed by atoms with Gasteiger partial charge >= 0.3 is 0 Å². The molecule has 0 saturated carbocycles. The van der Waals surface area contributed by atoms with E-state index in [1.807, 2.05) is 19.1 Å². The molecule has 0 aliphatic heterocycles. The minimum atomic E-state index is -0.460. The number of unbranched alkanes of at least 4 members (excludes halogenated alkanes) is 1. The summed E-state index contributed by atoms with van der Waals surface area (Å²) in [5, 5.41) is 11.6. The molecule has 3 aromatic rings. The number of fused-ring (bicyclic) bond motifs is 1. The molecule has 25 heavy (non-hydrogen) atoms. The van der Waals surface area contributed by atoms with E-state index in [0.717, 1.165) is 18.4 Å². The molecule has 5 nitrogen and oxygen atoms in total. The second-order valence-electron chi connectivity index (χ2n) is 6.14. The lowest BCUT2D eigenvalue weighted by molar-refractivity contribution is -0.384. The van der Waals surface area contributed by atoms with Gasteiger partial charge < -0.3 is 4.42 Å². The highest BCUT2D eigenvalue weighted by molar-refractivity contribution is 6.17. The van der Waals surface area contributed by atoms with Crippen molar-refractivity contribution < 1.29 is 14.1 Å². The maximum atomic E-state index is 13.1. The van der Waals surface area contributed by atoms with E-state index >= 15 is 0 Å². The standard InChI is InChI=1S/C20H19NO4/c1-3-4-5-18-19(20(22)14-8-6-13(2)7-9-14)16-12-15(21(23)24)10-11-17(16)25-18/h6-12H,3-5H2,1-2H3. The lowest BCUT2D eigenvalue weighted by Crippen LogP contribution is -2.04. The van der Waals surface area contributed by atoms with Crippen LogP contribution in [0.2, 0.25) is 0 Å². The predicted octanol–water partition coefficient (Wildman–Crippen LogP) is 5.22. The number of non-ortho nitro benzene ring substituents is 1. The van der Waals surface area contributed by atoms with Gasteiger partial charge in [0.1, 0.15) is 11.3 Å². The van der Waals surface area contributed by atoms with Crippen LogP contribution in [0.3, 0.4) is 0 Å². The lowest BCUT2D eigenvalue weighted by Gasteiger charge is -2.03. The molecule has 0 saturated heterocycles. The number of nitro benzene ring substituents is 1. The number of carbonyl (C=O) groups excluding carboxylic acids is 1. The molecule has 0 N–H and O–H groups in total. The summed E-state index contributed by atoms with van der Waals surface area (Å²) in [6.07, 6.45) is 2.48. The summed E-state index contributed by atoms with van der Waals surface area (Å²) < 4.78 is 5.86. The van der Waals surface area contributed by atoms with Gasteiger partial charge in [-0.25, -0.2) is 0 Å². The van der Waals surface area contributed by atoms with Crippen molar-refractivity contribution >= 4 is 22.4 Å². The van der Waals surface area contributed by atoms with Crippen LogP contribution < -0.4 is 0 Å². The zero-order valence-corrected chi connectivity index (χ0v) is 14.2. The third-order valence-corrected chi connectivity index (χ3v) is 4.25. The molecule has 0 spiro atoms. The zero-order chi connectivity index (χ0) is 18.0. The fourth-order valence-corrected chi connectivity index (χ4v) is 2.86. The van der Waals surface area contributed by atoms with Gasteiger partial charge in [0, 0.05) is 29.5 Å². The third-order valence-electron chi connectivity index (χ3n) is 4.25. The van der Waals surface area contributed by atoms with Crippen molar-refractivity contribution in [3.8, 4) is 0 Å². The molecule has 0 radical (unpaired) electrons. The molecule has 0 bridgehead atoms. The summed E-state index contributed by atoms with van der Waals surface area (Å²) in [6, 6.07) is 11.7. The normalized spacial score (nSPS) is 11.0. The van der Waals surface area contributed by atoms with Gasteiger partial charge in [-0.2, -0.15) is 0 Å². The first-order chi connectivity index (χ1) is 12.0. The van der Waals surface area contributed by atoms with E-state index < -0.39 is 4.92 Å². The number of aryl methyl sites for hydroxylation is 2. The molecule has 0 aliphatic carbocycles. The first-order valence-corrected chi connectivity index (χ1v) is 8.32. The quantitative estimate of drug-likeness (QED) is 0.351. The summed E-state index contributed by atoms with van der Waals surface area (Å²) in [5.41, 5.74) is 2.52. The average Bonchev–Trinajstić information content (AvgIpc) is 2.97. The Morgan fingerprint density at radius 2 is 1.88 bits per heavy atom. The van der Waals surface area contributed by atoms with Gasteiger partial charge in [-0.3, -0.25) is 14.9 Å². The Kier molecular flexibility index (Phi) is 4.65. The molecule has 0 fully saturated rings. The minimum Gasteiger partial charge on any atom is -0.460 e. The van der Waals surface area contributed by atoms with Gasteiger partial charge in [-0.1, -0.05) is 43.2 Å². The van der Waals surface area contributed by atoms with Crippen LogP contribution in [0.15, 0.2) is 46.9 Å². The molecular formula is C20H19NO4. The first kappa shape index (κ1) is 16.9. The van der Waals surface area contributed by atoms with Crippen LogP contribution in [0, 0.1) is 17.0 Å². The molecule has 2 aromatic carbocycles. The van der Waals surface area contributed by atoms with Crippen LogP contribution in [0.4, 0.5) is 5.69 Å². The van der Waals surface area contributed by atoms with Gasteiger partial charge in [0.05, 0.1) is 10.5 Å². The lowest BCUT2D eigenvalue weighted by atomic mass is 9.97. The first-order valence-electron chi connectivity index (χ1n) is 8.32. The summed E-state index contributed by atoms with van der Waals surface area (Å²) in [6.45, 7) is 4.02. The van der Waals surface area contributed by atoms with Gasteiger partial charge in [0.2, 0.25) is 0 Å². The summed E-state index contributed by atoms with van der Waals surface area (Å²) in [4.78, 5) is 23.7. The molecule has 5 heteroatoms. The van der Waals surface area contributed by atoms with Crippen LogP contribution in [-0.4, -0.2) is 10.7 Å². The van der Waals surface area contributed by atoms with E-state index in [1.165, 1.54) is 12.1 Å². The second kappa shape index (κ2) is 6.89. The number of furan rings is 1. The molecule has 0 unspecified atom stereocenters. The Labute approximate surface area is 145 Å². The van der Waals surface area contributed by atoms with Crippen LogP contribution in [0.25, 0.3) is 11.0 Å². The van der Waals surface area contributed by atoms with Gasteiger partial charge in [0.15, 0.2) is 5.78 Å². The van der Waals surface area contributed by atoms with E-state index in [1.54, 1.807) is 18.2 Å². The Bertz CT molecular complexity index is 938. The maximum Gasteiger partial charge on any atom is 0.270 e. The number of hydrogen-bond donors (Lipinski definition) is 0. The van der Waals surface area contributed by atoms with Crippen LogP contribution in [0.5, 0.6) is 0 Å². The van der Waals surface area contributed by atoms with Crippen LogP contribution in [0.1, 0.15) is 47.0 Å². The van der Waals surface area contributed by atoms with Crippen LogP contribution in [-0.2, 0) is 6.42 Å². The van der Waals surface area contributed by atoms with E-state index in [-0.39, 0.29) is 11.5 Å². The van der Waals surface area contributed by atoms with Crippen molar-refractivity contribution in [3.05, 3.63) is 75.0 Å². The largest absolute Gasteiger partial charge is 0.460 e. The van der Waals surface area contributed by atoms with E-state index in [2.05, 4.69) is 6.92 Å². The van der Waals surface area contributed by atoms with E-state index in [4.69, 9.17) is 4.42 Å². The topological polar surface area (TPSA) is 73.3 Å². The molecule has 3 rings (SSSR count). The van der Waals surface area contributed by atoms with Crippen molar-refractivity contribution in [2.45, 2.75) is 33.1 Å². The van der Waals surface area contributed by atoms with Crippen molar-refractivity contribution in [3.63, 3.8) is 0 Å². The molecular weight excluding hydrogens is 318 g/mol. The monoisotopic (exact) mass is 337 g/mol. The number of hydrogen-bond acceptors (Lipinski definition) is 4. The number of nitrogens with zero attached hydrogens (tertiary/aromatic N) is 1. The SMILES string of the molecule is CCCCc1oc2ccc([N+](=O)[O-])cc2c1C(=O)c1ccc(C)cc1. The Balaban J connectivity index is 2.17. The highest BCUT2D eigenvalue weighted by Crippen LogP contribution is 2.32. The van der Waals surface area contributed by atoms with Crippen molar-refractivity contribution in [2.75, 3.05) is 0 Å². The van der Waals surface area contributed by atoms with E-state index in [9.17, 15) is 14.9 Å². The number of nitro groups is 1. The fourth-order valence-electron chi connectivity index (χ4n) is 2.86. The molecule has 0 aliphatic rings. The number of benzene rings is 2. The average molecular weight is 337 g/mol. The highest BCUT2D eigenvalue weighted by atomic mass is 16.6. The summed E-state index contributed by atoms with van der Waals surface area (Å²) in [5.74, 6) is 0.438. The number of rotatable bonds is 6. The fraction of sp³-hybridized carbons (Fsp3) is 0.250. The molecule has 128 valence electrons. The van der Waals surface area contributed by atoms with Gasteiger partial charge in [0.25, 0.3) is 5.69 Å². The maximum absolute atomic E-state index is 13.1. The van der Waals surface area contributed by atoms with Crippen molar-refractivity contribution in [1.82, 2.24) is 0 Å². The van der Waals surface area contributed by atoms with Crippen molar-refractivity contribution in [1.29, 1.82) is 0 Å². The van der Waals surface area contributed by atoms with Gasteiger partial charge in [-0.15, -0.1) is 0 Å². The predicted molar refractivity (Wildman–Crippen MR) is 96.1 cm³/mol. The summed E-state index contributed by atoms with van der Waals surface area (Å²) in [7, 11) is 0. The molecule has 1 heterocycles. The molecule has 0 atom stereocenters. The van der Waals surface area contributed by atoms with Crippen molar-refractivity contribution in [2.24, 2.45) is 0 Å². The zero-order valence-electron chi connectivity index (χ0n) is 14.2. The van der Waals surface area contributed by atoms with Gasteiger partial charge in [-0.05, 0) is 19.4 Å². The smallest absolute Gasteiger partial charge is 0.270 e. The second-order valence-corrected chi connectivity index (χ2v) is 6.14. The molecule has 1 aromatic heterocycles. The Morgan fingerprint density at radius 3 is 2.52 bits per heavy atom. The van der Waals surface area contributed by atoms with E-state index in [0.29, 0.717) is 34.3 Å². The third kappa shape index (κ3) is 3.31. The minimum absolute atomic E-state index is 0.0479. The Hall–Kier alpha value is -2.95. The summed E-state index contributed by atoms with van der Waals surface area (Å²) >= 11 is 0. The number of carbonyl (C=O) groups is 1. The van der Waals surface area contributed by atoms with Crippen LogP contribution >= 0.6 is 0 Å². The highest BCUT2D eigenvalue weighted by Gasteiger charge is 2.23. The number of ketones is 1. The Morgan fingerprint density at radius 1 is 1.16 bits per heavy atom.